The zero-order chi connectivity index (χ0) is 13.0. The molecule has 0 radical (unpaired) electrons. The molecule has 1 aromatic carbocycles. The summed E-state index contributed by atoms with van der Waals surface area (Å²) in [6.07, 6.45) is 2.72. The fourth-order valence-corrected chi connectivity index (χ4v) is 2.36. The van der Waals surface area contributed by atoms with E-state index in [4.69, 9.17) is 0 Å². The van der Waals surface area contributed by atoms with Gasteiger partial charge in [0.1, 0.15) is 5.82 Å². The monoisotopic (exact) mass is 250 g/mol. The zero-order valence-corrected chi connectivity index (χ0v) is 11.3. The van der Waals surface area contributed by atoms with E-state index in [2.05, 4.69) is 17.1 Å². The molecule has 1 aliphatic rings. The normalized spacial score (nSPS) is 17.1. The maximum atomic E-state index is 13.8. The van der Waals surface area contributed by atoms with E-state index in [-0.39, 0.29) is 11.9 Å². The molecule has 0 amide bonds. The number of likely N-dealkylation sites (N-methyl/N-ethyl adjacent to an activating group) is 2. The largest absolute Gasteiger partial charge is 0.312 e. The summed E-state index contributed by atoms with van der Waals surface area (Å²) in [5, 5.41) is 3.24. The second kappa shape index (κ2) is 6.30. The molecule has 1 fully saturated rings. The molecule has 1 aliphatic carbocycles. The molecule has 0 aliphatic heterocycles. The van der Waals surface area contributed by atoms with Crippen molar-refractivity contribution in [2.75, 3.05) is 26.7 Å². The summed E-state index contributed by atoms with van der Waals surface area (Å²) in [6.45, 7) is 5.24. The minimum Gasteiger partial charge on any atom is -0.312 e. The predicted molar refractivity (Wildman–Crippen MR) is 73.0 cm³/mol. The molecule has 100 valence electrons. The second-order valence-corrected chi connectivity index (χ2v) is 5.16. The lowest BCUT2D eigenvalue weighted by molar-refractivity contribution is 0.246. The molecule has 0 spiro atoms. The van der Waals surface area contributed by atoms with E-state index in [0.29, 0.717) is 0 Å². The van der Waals surface area contributed by atoms with Crippen LogP contribution in [0.25, 0.3) is 0 Å². The fourth-order valence-electron chi connectivity index (χ4n) is 2.36. The first-order chi connectivity index (χ1) is 8.74. The van der Waals surface area contributed by atoms with Gasteiger partial charge >= 0.3 is 0 Å². The molecule has 1 saturated carbocycles. The first kappa shape index (κ1) is 13.5. The molecule has 1 unspecified atom stereocenters. The maximum absolute atomic E-state index is 13.8. The molecule has 2 rings (SSSR count). The Balaban J connectivity index is 2.01. The predicted octanol–water partition coefficient (Wildman–Crippen LogP) is 2.82. The van der Waals surface area contributed by atoms with Crippen molar-refractivity contribution in [1.29, 1.82) is 0 Å². The van der Waals surface area contributed by atoms with Gasteiger partial charge in [-0.15, -0.1) is 0 Å². The van der Waals surface area contributed by atoms with Crippen LogP contribution in [0.15, 0.2) is 24.3 Å². The van der Waals surface area contributed by atoms with Gasteiger partial charge in [0.05, 0.1) is 0 Å². The maximum Gasteiger partial charge on any atom is 0.128 e. The van der Waals surface area contributed by atoms with Gasteiger partial charge in [0.25, 0.3) is 0 Å². The van der Waals surface area contributed by atoms with Crippen LogP contribution in [-0.4, -0.2) is 31.6 Å². The van der Waals surface area contributed by atoms with E-state index in [9.17, 15) is 4.39 Å². The molecule has 2 nitrogen and oxygen atoms in total. The Kier molecular flexibility index (Phi) is 4.72. The average molecular weight is 250 g/mol. The van der Waals surface area contributed by atoms with Crippen LogP contribution in [0.2, 0.25) is 0 Å². The van der Waals surface area contributed by atoms with E-state index in [1.54, 1.807) is 6.07 Å². The van der Waals surface area contributed by atoms with Crippen LogP contribution in [0, 0.1) is 11.7 Å². The summed E-state index contributed by atoms with van der Waals surface area (Å²) in [6, 6.07) is 7.14. The van der Waals surface area contributed by atoms with Crippen molar-refractivity contribution in [2.24, 2.45) is 5.92 Å². The number of nitrogens with zero attached hydrogens (tertiary/aromatic N) is 1. The highest BCUT2D eigenvalue weighted by Gasteiger charge is 2.25. The smallest absolute Gasteiger partial charge is 0.128 e. The van der Waals surface area contributed by atoms with Crippen molar-refractivity contribution in [2.45, 2.75) is 25.8 Å². The number of halogens is 1. The summed E-state index contributed by atoms with van der Waals surface area (Å²) in [5.41, 5.74) is 0.772. The summed E-state index contributed by atoms with van der Waals surface area (Å²) in [5.74, 6) is 0.766. The Morgan fingerprint density at radius 1 is 1.39 bits per heavy atom. The Morgan fingerprint density at radius 2 is 2.11 bits per heavy atom. The summed E-state index contributed by atoms with van der Waals surface area (Å²) < 4.78 is 13.8. The molecule has 0 aromatic heterocycles. The summed E-state index contributed by atoms with van der Waals surface area (Å²) in [7, 11) is 1.90. The Bertz CT molecular complexity index is 377. The quantitative estimate of drug-likeness (QED) is 0.800. The van der Waals surface area contributed by atoms with E-state index in [0.717, 1.165) is 31.1 Å². The standard InChI is InChI=1S/C15H23FN2/c1-3-18(10-12-8-9-12)11-15(17-2)13-6-4-5-7-14(13)16/h4-7,12,15,17H,3,8-11H2,1-2H3. The van der Waals surface area contributed by atoms with E-state index in [1.165, 1.54) is 18.9 Å². The van der Waals surface area contributed by atoms with Crippen LogP contribution < -0.4 is 5.32 Å². The minimum atomic E-state index is -0.112. The van der Waals surface area contributed by atoms with Gasteiger partial charge in [0.15, 0.2) is 0 Å². The average Bonchev–Trinajstić information content (AvgIpc) is 3.19. The lowest BCUT2D eigenvalue weighted by Gasteiger charge is -2.26. The third kappa shape index (κ3) is 3.53. The van der Waals surface area contributed by atoms with Crippen molar-refractivity contribution in [3.63, 3.8) is 0 Å². The van der Waals surface area contributed by atoms with Gasteiger partial charge in [-0.05, 0) is 38.4 Å². The van der Waals surface area contributed by atoms with Crippen molar-refractivity contribution in [1.82, 2.24) is 10.2 Å². The Hall–Kier alpha value is -0.930. The van der Waals surface area contributed by atoms with Crippen LogP contribution in [0.3, 0.4) is 0 Å². The number of hydrogen-bond donors (Lipinski definition) is 1. The van der Waals surface area contributed by atoms with Crippen molar-refractivity contribution in [3.05, 3.63) is 35.6 Å². The molecule has 1 N–H and O–H groups in total. The first-order valence-corrected chi connectivity index (χ1v) is 6.88. The fraction of sp³-hybridized carbons (Fsp3) is 0.600. The van der Waals surface area contributed by atoms with Gasteiger partial charge in [-0.25, -0.2) is 4.39 Å². The lowest BCUT2D eigenvalue weighted by Crippen LogP contribution is -2.35. The highest BCUT2D eigenvalue weighted by atomic mass is 19.1. The molecule has 0 saturated heterocycles. The minimum absolute atomic E-state index is 0.0740. The molecule has 3 heteroatoms. The van der Waals surface area contributed by atoms with Crippen molar-refractivity contribution >= 4 is 0 Å². The van der Waals surface area contributed by atoms with Crippen LogP contribution >= 0.6 is 0 Å². The van der Waals surface area contributed by atoms with Gasteiger partial charge in [-0.2, -0.15) is 0 Å². The lowest BCUT2D eigenvalue weighted by atomic mass is 10.1. The zero-order valence-electron chi connectivity index (χ0n) is 11.3. The molecule has 1 atom stereocenters. The topological polar surface area (TPSA) is 15.3 Å². The summed E-state index contributed by atoms with van der Waals surface area (Å²) >= 11 is 0. The van der Waals surface area contributed by atoms with Crippen molar-refractivity contribution in [3.8, 4) is 0 Å². The highest BCUT2D eigenvalue weighted by molar-refractivity contribution is 5.21. The summed E-state index contributed by atoms with van der Waals surface area (Å²) in [4.78, 5) is 2.42. The van der Waals surface area contributed by atoms with Crippen LogP contribution in [0.5, 0.6) is 0 Å². The number of benzene rings is 1. The van der Waals surface area contributed by atoms with Gasteiger partial charge in [-0.3, -0.25) is 0 Å². The number of nitrogens with one attached hydrogen (secondary N) is 1. The number of hydrogen-bond acceptors (Lipinski definition) is 2. The molecule has 0 heterocycles. The van der Waals surface area contributed by atoms with Gasteiger partial charge in [-0.1, -0.05) is 25.1 Å². The van der Waals surface area contributed by atoms with Gasteiger partial charge in [0.2, 0.25) is 0 Å². The van der Waals surface area contributed by atoms with Gasteiger partial charge in [0, 0.05) is 24.7 Å². The van der Waals surface area contributed by atoms with Gasteiger partial charge < -0.3 is 10.2 Å². The van der Waals surface area contributed by atoms with Crippen LogP contribution in [-0.2, 0) is 0 Å². The van der Waals surface area contributed by atoms with Crippen LogP contribution in [0.1, 0.15) is 31.4 Å². The molecular formula is C15H23FN2. The van der Waals surface area contributed by atoms with E-state index in [1.807, 2.05) is 19.2 Å². The third-order valence-electron chi connectivity index (χ3n) is 3.73. The van der Waals surface area contributed by atoms with E-state index >= 15 is 0 Å². The van der Waals surface area contributed by atoms with E-state index < -0.39 is 0 Å². The molecular weight excluding hydrogens is 227 g/mol. The highest BCUT2D eigenvalue weighted by Crippen LogP contribution is 2.30. The Labute approximate surface area is 109 Å². The molecule has 18 heavy (non-hydrogen) atoms. The third-order valence-corrected chi connectivity index (χ3v) is 3.73. The SMILES string of the molecule is CCN(CC1CC1)CC(NC)c1ccccc1F. The van der Waals surface area contributed by atoms with Crippen molar-refractivity contribution < 1.29 is 4.39 Å². The number of rotatable bonds is 7. The molecule has 1 aromatic rings. The second-order valence-electron chi connectivity index (χ2n) is 5.16. The molecule has 0 bridgehead atoms. The first-order valence-electron chi connectivity index (χ1n) is 6.88. The Morgan fingerprint density at radius 3 is 2.67 bits per heavy atom. The van der Waals surface area contributed by atoms with Crippen LogP contribution in [0.4, 0.5) is 4.39 Å².